The minimum atomic E-state index is -0.234. The first kappa shape index (κ1) is 13.6. The maximum atomic E-state index is 12.0. The highest BCUT2D eigenvalue weighted by molar-refractivity contribution is 5.88. The molecule has 0 aliphatic rings. The van der Waals surface area contributed by atoms with Crippen LogP contribution in [0.5, 0.6) is 0 Å². The van der Waals surface area contributed by atoms with Crippen molar-refractivity contribution in [2.24, 2.45) is 11.3 Å². The van der Waals surface area contributed by atoms with Crippen molar-refractivity contribution in [1.29, 1.82) is 0 Å². The lowest BCUT2D eigenvalue weighted by Gasteiger charge is -2.26. The summed E-state index contributed by atoms with van der Waals surface area (Å²) in [4.78, 5) is 12.0. The van der Waals surface area contributed by atoms with Crippen LogP contribution in [-0.2, 0) is 4.79 Å². The molecule has 0 aromatic carbocycles. The van der Waals surface area contributed by atoms with Gasteiger partial charge in [0.15, 0.2) is 5.78 Å². The average Bonchev–Trinajstić information content (AvgIpc) is 2.00. The van der Waals surface area contributed by atoms with Gasteiger partial charge in [0, 0.05) is 5.41 Å². The summed E-state index contributed by atoms with van der Waals surface area (Å²) in [7, 11) is 0. The second kappa shape index (κ2) is 5.50. The highest BCUT2D eigenvalue weighted by Crippen LogP contribution is 2.20. The molecular formula is C12H25NO. The molecule has 0 amide bonds. The number of carbonyl (C=O) groups excluding carboxylic acids is 1. The quantitative estimate of drug-likeness (QED) is 0.737. The zero-order valence-electron chi connectivity index (χ0n) is 10.5. The molecule has 0 spiro atoms. The van der Waals surface area contributed by atoms with Crippen molar-refractivity contribution in [2.75, 3.05) is 6.54 Å². The zero-order chi connectivity index (χ0) is 11.4. The Bertz CT molecular complexity index is 179. The lowest BCUT2D eigenvalue weighted by Crippen LogP contribution is -2.43. The van der Waals surface area contributed by atoms with Gasteiger partial charge in [0.2, 0.25) is 0 Å². The summed E-state index contributed by atoms with van der Waals surface area (Å²) < 4.78 is 0. The molecule has 0 saturated carbocycles. The van der Waals surface area contributed by atoms with Crippen molar-refractivity contribution in [3.8, 4) is 0 Å². The summed E-state index contributed by atoms with van der Waals surface area (Å²) >= 11 is 0. The van der Waals surface area contributed by atoms with Gasteiger partial charge in [-0.25, -0.2) is 0 Å². The predicted molar refractivity (Wildman–Crippen MR) is 61.4 cm³/mol. The summed E-state index contributed by atoms with van der Waals surface area (Å²) in [6, 6.07) is 0.0278. The van der Waals surface area contributed by atoms with E-state index in [0.717, 1.165) is 13.0 Å². The number of Topliss-reactive ketones (excluding diaryl/α,β-unsaturated/α-hetero) is 1. The summed E-state index contributed by atoms with van der Waals surface area (Å²) in [5, 5.41) is 3.27. The van der Waals surface area contributed by atoms with Crippen molar-refractivity contribution in [3.05, 3.63) is 0 Å². The van der Waals surface area contributed by atoms with Gasteiger partial charge < -0.3 is 5.32 Å². The molecule has 2 nitrogen and oxygen atoms in total. The second-order valence-electron chi connectivity index (χ2n) is 5.35. The molecule has 0 radical (unpaired) electrons. The highest BCUT2D eigenvalue weighted by Gasteiger charge is 2.29. The Kier molecular flexibility index (Phi) is 5.35. The Balaban J connectivity index is 4.41. The van der Waals surface area contributed by atoms with E-state index in [4.69, 9.17) is 0 Å². The van der Waals surface area contributed by atoms with Crippen LogP contribution in [0.3, 0.4) is 0 Å². The minimum Gasteiger partial charge on any atom is -0.308 e. The van der Waals surface area contributed by atoms with Crippen LogP contribution in [0.25, 0.3) is 0 Å². The first-order valence-corrected chi connectivity index (χ1v) is 5.56. The maximum Gasteiger partial charge on any atom is 0.155 e. The summed E-state index contributed by atoms with van der Waals surface area (Å²) in [6.07, 6.45) is 0.934. The average molecular weight is 199 g/mol. The topological polar surface area (TPSA) is 29.1 Å². The molecule has 0 saturated heterocycles. The molecule has 0 unspecified atom stereocenters. The SMILES string of the molecule is CCN[C@@H](CC(C)C)C(=O)C(C)(C)C. The molecule has 0 bridgehead atoms. The first-order valence-electron chi connectivity index (χ1n) is 5.56. The first-order chi connectivity index (χ1) is 6.29. The fourth-order valence-corrected chi connectivity index (χ4v) is 1.52. The summed E-state index contributed by atoms with van der Waals surface area (Å²) in [5.41, 5.74) is -0.234. The molecule has 14 heavy (non-hydrogen) atoms. The lowest BCUT2D eigenvalue weighted by molar-refractivity contribution is -0.128. The van der Waals surface area contributed by atoms with E-state index in [0.29, 0.717) is 11.7 Å². The Hall–Kier alpha value is -0.370. The molecule has 0 aromatic rings. The Morgan fingerprint density at radius 1 is 1.29 bits per heavy atom. The van der Waals surface area contributed by atoms with E-state index in [1.807, 2.05) is 27.7 Å². The number of ketones is 1. The summed E-state index contributed by atoms with van der Waals surface area (Å²) in [5.74, 6) is 0.887. The van der Waals surface area contributed by atoms with Gasteiger partial charge in [-0.3, -0.25) is 4.79 Å². The third kappa shape index (κ3) is 4.75. The predicted octanol–water partition coefficient (Wildman–Crippen LogP) is 2.63. The third-order valence-electron chi connectivity index (χ3n) is 2.21. The molecule has 2 heteroatoms. The Morgan fingerprint density at radius 3 is 2.07 bits per heavy atom. The molecule has 0 aromatic heterocycles. The van der Waals surface area contributed by atoms with E-state index in [-0.39, 0.29) is 11.5 Å². The fourth-order valence-electron chi connectivity index (χ4n) is 1.52. The van der Waals surface area contributed by atoms with Crippen molar-refractivity contribution in [2.45, 2.75) is 54.0 Å². The number of carbonyl (C=O) groups is 1. The molecule has 0 aliphatic carbocycles. The van der Waals surface area contributed by atoms with E-state index in [2.05, 4.69) is 19.2 Å². The Morgan fingerprint density at radius 2 is 1.79 bits per heavy atom. The number of nitrogens with one attached hydrogen (secondary N) is 1. The molecule has 0 fully saturated rings. The van der Waals surface area contributed by atoms with Crippen molar-refractivity contribution < 1.29 is 4.79 Å². The maximum absolute atomic E-state index is 12.0. The van der Waals surface area contributed by atoms with Gasteiger partial charge in [0.05, 0.1) is 6.04 Å². The normalized spacial score (nSPS) is 14.5. The number of rotatable bonds is 5. The molecule has 0 rings (SSSR count). The van der Waals surface area contributed by atoms with Gasteiger partial charge in [0.25, 0.3) is 0 Å². The van der Waals surface area contributed by atoms with E-state index in [1.54, 1.807) is 0 Å². The largest absolute Gasteiger partial charge is 0.308 e. The van der Waals surface area contributed by atoms with Gasteiger partial charge in [0.1, 0.15) is 0 Å². The van der Waals surface area contributed by atoms with Crippen molar-refractivity contribution in [1.82, 2.24) is 5.32 Å². The van der Waals surface area contributed by atoms with Crippen LogP contribution < -0.4 is 5.32 Å². The monoisotopic (exact) mass is 199 g/mol. The molecular weight excluding hydrogens is 174 g/mol. The fraction of sp³-hybridized carbons (Fsp3) is 0.917. The molecule has 1 N–H and O–H groups in total. The smallest absolute Gasteiger partial charge is 0.155 e. The van der Waals surface area contributed by atoms with Gasteiger partial charge in [-0.2, -0.15) is 0 Å². The second-order valence-corrected chi connectivity index (χ2v) is 5.35. The number of hydrogen-bond donors (Lipinski definition) is 1. The number of likely N-dealkylation sites (N-methyl/N-ethyl adjacent to an activating group) is 1. The molecule has 1 atom stereocenters. The van der Waals surface area contributed by atoms with Gasteiger partial charge in [-0.05, 0) is 18.9 Å². The zero-order valence-corrected chi connectivity index (χ0v) is 10.5. The molecule has 84 valence electrons. The van der Waals surface area contributed by atoms with E-state index < -0.39 is 0 Å². The van der Waals surface area contributed by atoms with E-state index in [1.165, 1.54) is 0 Å². The van der Waals surface area contributed by atoms with E-state index in [9.17, 15) is 4.79 Å². The van der Waals surface area contributed by atoms with Crippen LogP contribution in [0.1, 0.15) is 48.0 Å². The minimum absolute atomic E-state index is 0.0278. The van der Waals surface area contributed by atoms with Crippen LogP contribution in [-0.4, -0.2) is 18.4 Å². The van der Waals surface area contributed by atoms with Crippen molar-refractivity contribution in [3.63, 3.8) is 0 Å². The van der Waals surface area contributed by atoms with Crippen LogP contribution in [0.15, 0.2) is 0 Å². The molecule has 0 aliphatic heterocycles. The van der Waals surface area contributed by atoms with Crippen LogP contribution in [0.2, 0.25) is 0 Å². The third-order valence-corrected chi connectivity index (χ3v) is 2.21. The summed E-state index contributed by atoms with van der Waals surface area (Å²) in [6.45, 7) is 13.2. The molecule has 0 heterocycles. The Labute approximate surface area is 88.5 Å². The lowest BCUT2D eigenvalue weighted by atomic mass is 9.83. The highest BCUT2D eigenvalue weighted by atomic mass is 16.1. The van der Waals surface area contributed by atoms with Gasteiger partial charge in [-0.1, -0.05) is 41.5 Å². The van der Waals surface area contributed by atoms with Gasteiger partial charge >= 0.3 is 0 Å². The van der Waals surface area contributed by atoms with Crippen LogP contribution >= 0.6 is 0 Å². The van der Waals surface area contributed by atoms with Crippen LogP contribution in [0.4, 0.5) is 0 Å². The standard InChI is InChI=1S/C12H25NO/c1-7-13-10(8-9(2)3)11(14)12(4,5)6/h9-10,13H,7-8H2,1-6H3/t10-/m0/s1. The van der Waals surface area contributed by atoms with E-state index >= 15 is 0 Å². The van der Waals surface area contributed by atoms with Gasteiger partial charge in [-0.15, -0.1) is 0 Å². The number of hydrogen-bond acceptors (Lipinski definition) is 2. The van der Waals surface area contributed by atoms with Crippen molar-refractivity contribution >= 4 is 5.78 Å². The van der Waals surface area contributed by atoms with Crippen LogP contribution in [0, 0.1) is 11.3 Å².